The topological polar surface area (TPSA) is 52.3 Å². The van der Waals surface area contributed by atoms with Gasteiger partial charge in [-0.15, -0.1) is 0 Å². The molecule has 0 aliphatic heterocycles. The number of esters is 1. The summed E-state index contributed by atoms with van der Waals surface area (Å²) in [6.45, 7) is 4.14. The van der Waals surface area contributed by atoms with Gasteiger partial charge in [-0.05, 0) is 5.56 Å². The molecule has 0 saturated heterocycles. The molecule has 0 atom stereocenters. The molecule has 0 bridgehead atoms. The lowest BCUT2D eigenvalue weighted by atomic mass is 10.2. The maximum Gasteiger partial charge on any atom is 0.360 e. The van der Waals surface area contributed by atoms with E-state index in [0.29, 0.717) is 5.89 Å². The van der Waals surface area contributed by atoms with Crippen LogP contribution in [0.1, 0.15) is 41.7 Å². The van der Waals surface area contributed by atoms with Crippen LogP contribution in [-0.2, 0) is 11.3 Å². The van der Waals surface area contributed by atoms with Crippen LogP contribution in [0.5, 0.6) is 0 Å². The lowest BCUT2D eigenvalue weighted by Gasteiger charge is -2.02. The zero-order chi connectivity index (χ0) is 13.0. The summed E-state index contributed by atoms with van der Waals surface area (Å²) in [7, 11) is 0. The maximum absolute atomic E-state index is 11.7. The van der Waals surface area contributed by atoms with Gasteiger partial charge < -0.3 is 9.15 Å². The molecule has 1 aromatic heterocycles. The predicted molar refractivity (Wildman–Crippen MR) is 66.2 cm³/mol. The van der Waals surface area contributed by atoms with Gasteiger partial charge in [0.25, 0.3) is 0 Å². The minimum Gasteiger partial charge on any atom is -0.456 e. The van der Waals surface area contributed by atoms with Crippen LogP contribution in [0.3, 0.4) is 0 Å². The van der Waals surface area contributed by atoms with E-state index in [1.54, 1.807) is 0 Å². The molecule has 0 unspecified atom stereocenters. The molecule has 1 aromatic carbocycles. The van der Waals surface area contributed by atoms with Crippen molar-refractivity contribution in [2.45, 2.75) is 26.4 Å². The summed E-state index contributed by atoms with van der Waals surface area (Å²) < 4.78 is 10.3. The van der Waals surface area contributed by atoms with Crippen LogP contribution in [0.2, 0.25) is 0 Å². The molecule has 0 saturated carbocycles. The third-order valence-electron chi connectivity index (χ3n) is 2.44. The van der Waals surface area contributed by atoms with Crippen molar-refractivity contribution >= 4 is 5.97 Å². The van der Waals surface area contributed by atoms with Gasteiger partial charge in [-0.25, -0.2) is 9.78 Å². The molecule has 4 nitrogen and oxygen atoms in total. The van der Waals surface area contributed by atoms with Gasteiger partial charge in [0.15, 0.2) is 11.6 Å². The molecule has 0 radical (unpaired) electrons. The zero-order valence-electron chi connectivity index (χ0n) is 10.4. The van der Waals surface area contributed by atoms with Crippen LogP contribution < -0.4 is 0 Å². The van der Waals surface area contributed by atoms with Gasteiger partial charge >= 0.3 is 5.97 Å². The monoisotopic (exact) mass is 245 g/mol. The second kappa shape index (κ2) is 5.49. The number of oxazole rings is 1. The first-order chi connectivity index (χ1) is 8.66. The van der Waals surface area contributed by atoms with E-state index < -0.39 is 5.97 Å². The van der Waals surface area contributed by atoms with Gasteiger partial charge in [0.2, 0.25) is 0 Å². The fourth-order valence-corrected chi connectivity index (χ4v) is 1.44. The Balaban J connectivity index is 1.95. The fraction of sp³-hybridized carbons (Fsp3) is 0.286. The van der Waals surface area contributed by atoms with Gasteiger partial charge in [-0.3, -0.25) is 0 Å². The van der Waals surface area contributed by atoms with E-state index in [1.807, 2.05) is 44.2 Å². The summed E-state index contributed by atoms with van der Waals surface area (Å²) in [6.07, 6.45) is 1.34. The summed E-state index contributed by atoms with van der Waals surface area (Å²) in [5.41, 5.74) is 1.16. The number of benzene rings is 1. The first-order valence-corrected chi connectivity index (χ1v) is 5.83. The van der Waals surface area contributed by atoms with Gasteiger partial charge in [0.05, 0.1) is 0 Å². The van der Waals surface area contributed by atoms with E-state index in [1.165, 1.54) is 6.26 Å². The Morgan fingerprint density at radius 2 is 2.06 bits per heavy atom. The summed E-state index contributed by atoms with van der Waals surface area (Å²) >= 11 is 0. The minimum absolute atomic E-state index is 0.153. The third kappa shape index (κ3) is 2.97. The molecule has 4 heteroatoms. The zero-order valence-corrected chi connectivity index (χ0v) is 10.4. The van der Waals surface area contributed by atoms with Crippen molar-refractivity contribution in [2.75, 3.05) is 0 Å². The highest BCUT2D eigenvalue weighted by atomic mass is 16.5. The van der Waals surface area contributed by atoms with Crippen molar-refractivity contribution in [2.24, 2.45) is 0 Å². The molecule has 1 heterocycles. The summed E-state index contributed by atoms with van der Waals surface area (Å²) in [6, 6.07) is 9.51. The van der Waals surface area contributed by atoms with Crippen LogP contribution in [0, 0.1) is 0 Å². The highest BCUT2D eigenvalue weighted by Gasteiger charge is 2.15. The average molecular weight is 245 g/mol. The van der Waals surface area contributed by atoms with E-state index in [9.17, 15) is 4.79 Å². The number of ether oxygens (including phenoxy) is 1. The highest BCUT2D eigenvalue weighted by Crippen LogP contribution is 2.14. The Morgan fingerprint density at radius 3 is 2.67 bits per heavy atom. The molecule has 94 valence electrons. The Kier molecular flexibility index (Phi) is 3.77. The fourth-order valence-electron chi connectivity index (χ4n) is 1.44. The van der Waals surface area contributed by atoms with Crippen LogP contribution in [-0.4, -0.2) is 11.0 Å². The molecule has 0 aliphatic carbocycles. The van der Waals surface area contributed by atoms with Gasteiger partial charge in [-0.1, -0.05) is 44.2 Å². The smallest absolute Gasteiger partial charge is 0.360 e. The number of aromatic nitrogens is 1. The van der Waals surface area contributed by atoms with Crippen LogP contribution in [0.15, 0.2) is 41.0 Å². The molecular weight excluding hydrogens is 230 g/mol. The Morgan fingerprint density at radius 1 is 1.33 bits per heavy atom. The van der Waals surface area contributed by atoms with Gasteiger partial charge in [0, 0.05) is 5.92 Å². The SMILES string of the molecule is CC(C)c1nc(C(=O)OCc2ccccc2)co1. The molecule has 0 fully saturated rings. The van der Waals surface area contributed by atoms with E-state index in [-0.39, 0.29) is 18.2 Å². The quantitative estimate of drug-likeness (QED) is 0.776. The first kappa shape index (κ1) is 12.4. The maximum atomic E-state index is 11.7. The van der Waals surface area contributed by atoms with E-state index in [2.05, 4.69) is 4.98 Å². The van der Waals surface area contributed by atoms with Gasteiger partial charge in [-0.2, -0.15) is 0 Å². The number of rotatable bonds is 4. The molecule has 0 amide bonds. The Bertz CT molecular complexity index is 517. The minimum atomic E-state index is -0.463. The normalized spacial score (nSPS) is 10.6. The average Bonchev–Trinajstić information content (AvgIpc) is 2.87. The highest BCUT2D eigenvalue weighted by molar-refractivity contribution is 5.86. The van der Waals surface area contributed by atoms with Crippen molar-refractivity contribution in [3.63, 3.8) is 0 Å². The summed E-state index contributed by atoms with van der Waals surface area (Å²) in [5, 5.41) is 0. The molecular formula is C14H15NO3. The number of hydrogen-bond donors (Lipinski definition) is 0. The van der Waals surface area contributed by atoms with Crippen LogP contribution in [0.25, 0.3) is 0 Å². The second-order valence-corrected chi connectivity index (χ2v) is 4.29. The first-order valence-electron chi connectivity index (χ1n) is 5.83. The van der Waals surface area contributed by atoms with Gasteiger partial charge in [0.1, 0.15) is 12.9 Å². The largest absolute Gasteiger partial charge is 0.456 e. The van der Waals surface area contributed by atoms with E-state index in [4.69, 9.17) is 9.15 Å². The number of carbonyl (C=O) groups is 1. The molecule has 0 spiro atoms. The van der Waals surface area contributed by atoms with Crippen LogP contribution in [0.4, 0.5) is 0 Å². The molecule has 2 rings (SSSR count). The number of nitrogens with zero attached hydrogens (tertiary/aromatic N) is 1. The summed E-state index contributed by atoms with van der Waals surface area (Å²) in [5.74, 6) is 0.233. The molecule has 0 aliphatic rings. The predicted octanol–water partition coefficient (Wildman–Crippen LogP) is 3.16. The number of carbonyl (C=O) groups excluding carboxylic acids is 1. The second-order valence-electron chi connectivity index (χ2n) is 4.29. The Hall–Kier alpha value is -2.10. The Labute approximate surface area is 106 Å². The molecule has 18 heavy (non-hydrogen) atoms. The van der Waals surface area contributed by atoms with Crippen molar-refractivity contribution < 1.29 is 13.9 Å². The van der Waals surface area contributed by atoms with E-state index in [0.717, 1.165) is 5.56 Å². The van der Waals surface area contributed by atoms with Crippen molar-refractivity contribution in [1.29, 1.82) is 0 Å². The van der Waals surface area contributed by atoms with E-state index >= 15 is 0 Å². The molecule has 0 N–H and O–H groups in total. The standard InChI is InChI=1S/C14H15NO3/c1-10(2)13-15-12(9-17-13)14(16)18-8-11-6-4-3-5-7-11/h3-7,9-10H,8H2,1-2H3. The lowest BCUT2D eigenvalue weighted by molar-refractivity contribution is 0.0465. The van der Waals surface area contributed by atoms with Crippen molar-refractivity contribution in [1.82, 2.24) is 4.98 Å². The van der Waals surface area contributed by atoms with Crippen molar-refractivity contribution in [3.8, 4) is 0 Å². The molecule has 2 aromatic rings. The van der Waals surface area contributed by atoms with Crippen molar-refractivity contribution in [3.05, 3.63) is 53.7 Å². The third-order valence-corrected chi connectivity index (χ3v) is 2.44. The van der Waals surface area contributed by atoms with Crippen LogP contribution >= 0.6 is 0 Å². The number of hydrogen-bond acceptors (Lipinski definition) is 4. The summed E-state index contributed by atoms with van der Waals surface area (Å²) in [4.78, 5) is 15.8. The lowest BCUT2D eigenvalue weighted by Crippen LogP contribution is -2.06.